The normalized spacial score (nSPS) is 22.9. The molecule has 0 spiro atoms. The second-order valence-electron chi connectivity index (χ2n) is 17.9. The molecule has 0 radical (unpaired) electrons. The SMILES string of the molecule is C=C/C=C(C)/C=C1/C2=CC3=C(CC2(C)OC[C@H](C)C1N(c1cccc(C)c1)c1ccccc1F)C1=Cc2ccc(CCC(c4cccc(C)c4)c4ccccc4F)cc2CC1O3. The fourth-order valence-corrected chi connectivity index (χ4v) is 10.2. The van der Waals surface area contributed by atoms with Crippen LogP contribution in [0, 0.1) is 31.4 Å². The summed E-state index contributed by atoms with van der Waals surface area (Å²) in [6, 6.07) is 37.6. The van der Waals surface area contributed by atoms with Crippen molar-refractivity contribution < 1.29 is 18.3 Å². The van der Waals surface area contributed by atoms with Gasteiger partial charge in [0.25, 0.3) is 0 Å². The van der Waals surface area contributed by atoms with Crippen LogP contribution in [0.2, 0.25) is 0 Å². The molecule has 0 N–H and O–H groups in total. The van der Waals surface area contributed by atoms with E-state index in [0.29, 0.717) is 18.7 Å². The molecule has 314 valence electrons. The Hall–Kier alpha value is -6.04. The van der Waals surface area contributed by atoms with E-state index in [1.54, 1.807) is 24.3 Å². The van der Waals surface area contributed by atoms with E-state index in [9.17, 15) is 0 Å². The molecule has 1 saturated heterocycles. The number of fused-ring (bicyclic) bond motifs is 4. The zero-order valence-electron chi connectivity index (χ0n) is 36.4. The van der Waals surface area contributed by atoms with Gasteiger partial charge in [-0.15, -0.1) is 0 Å². The molecule has 2 aliphatic carbocycles. The number of hydrogen-bond donors (Lipinski definition) is 0. The van der Waals surface area contributed by atoms with Crippen molar-refractivity contribution in [1.82, 2.24) is 0 Å². The molecule has 9 rings (SSSR count). The number of aryl methyl sites for hydroxylation is 3. The highest BCUT2D eigenvalue weighted by atomic mass is 19.1. The molecule has 3 nitrogen and oxygen atoms in total. The Kier molecular flexibility index (Phi) is 11.3. The van der Waals surface area contributed by atoms with Gasteiger partial charge in [-0.25, -0.2) is 8.78 Å². The molecule has 5 aromatic carbocycles. The van der Waals surface area contributed by atoms with Crippen LogP contribution < -0.4 is 4.90 Å². The van der Waals surface area contributed by atoms with Crippen LogP contribution in [0.1, 0.15) is 78.5 Å². The van der Waals surface area contributed by atoms with Crippen LogP contribution >= 0.6 is 0 Å². The highest BCUT2D eigenvalue weighted by Crippen LogP contribution is 2.52. The number of allylic oxidation sites excluding steroid dienone is 5. The quantitative estimate of drug-likeness (QED) is 0.131. The van der Waals surface area contributed by atoms with Gasteiger partial charge in [-0.3, -0.25) is 0 Å². The molecule has 0 bridgehead atoms. The highest BCUT2D eigenvalue weighted by molar-refractivity contribution is 5.73. The molecular formula is C57H55F2NO2. The van der Waals surface area contributed by atoms with Gasteiger partial charge < -0.3 is 14.4 Å². The third kappa shape index (κ3) is 7.95. The fraction of sp³-hybridized carbons (Fsp3) is 0.263. The Morgan fingerprint density at radius 1 is 0.887 bits per heavy atom. The maximum atomic E-state index is 16.1. The van der Waals surface area contributed by atoms with Crippen LogP contribution in [0.5, 0.6) is 0 Å². The molecule has 2 heterocycles. The van der Waals surface area contributed by atoms with Crippen molar-refractivity contribution in [3.8, 4) is 0 Å². The second-order valence-corrected chi connectivity index (χ2v) is 17.9. The van der Waals surface area contributed by atoms with Crippen LogP contribution in [-0.4, -0.2) is 24.4 Å². The van der Waals surface area contributed by atoms with Gasteiger partial charge in [0, 0.05) is 41.5 Å². The average Bonchev–Trinajstić information content (AvgIpc) is 3.54. The molecule has 62 heavy (non-hydrogen) atoms. The lowest BCUT2D eigenvalue weighted by Gasteiger charge is -2.40. The van der Waals surface area contributed by atoms with Gasteiger partial charge in [-0.05, 0) is 128 Å². The van der Waals surface area contributed by atoms with Gasteiger partial charge in [-0.2, -0.15) is 0 Å². The Labute approximate surface area is 366 Å². The minimum Gasteiger partial charge on any atom is -0.485 e. The average molecular weight is 824 g/mol. The largest absolute Gasteiger partial charge is 0.485 e. The molecule has 5 atom stereocenters. The Balaban J connectivity index is 1.06. The van der Waals surface area contributed by atoms with E-state index in [-0.39, 0.29) is 35.6 Å². The van der Waals surface area contributed by atoms with E-state index in [2.05, 4.69) is 125 Å². The van der Waals surface area contributed by atoms with Gasteiger partial charge in [-0.1, -0.05) is 128 Å². The predicted octanol–water partition coefficient (Wildman–Crippen LogP) is 14.0. The van der Waals surface area contributed by atoms with Crippen molar-refractivity contribution in [2.75, 3.05) is 11.5 Å². The fourth-order valence-electron chi connectivity index (χ4n) is 10.2. The maximum absolute atomic E-state index is 16.1. The lowest BCUT2D eigenvalue weighted by atomic mass is 9.74. The van der Waals surface area contributed by atoms with Crippen molar-refractivity contribution in [3.63, 3.8) is 0 Å². The van der Waals surface area contributed by atoms with Gasteiger partial charge in [0.2, 0.25) is 0 Å². The zero-order chi connectivity index (χ0) is 43.1. The van der Waals surface area contributed by atoms with E-state index in [1.807, 2.05) is 42.5 Å². The van der Waals surface area contributed by atoms with E-state index in [4.69, 9.17) is 9.47 Å². The van der Waals surface area contributed by atoms with Crippen LogP contribution in [0.15, 0.2) is 180 Å². The lowest BCUT2D eigenvalue weighted by molar-refractivity contribution is -0.0121. The number of ether oxygens (including phenoxy) is 2. The molecule has 0 aromatic heterocycles. The van der Waals surface area contributed by atoms with E-state index in [1.165, 1.54) is 33.4 Å². The topological polar surface area (TPSA) is 21.7 Å². The summed E-state index contributed by atoms with van der Waals surface area (Å²) in [7, 11) is 0. The summed E-state index contributed by atoms with van der Waals surface area (Å²) < 4.78 is 45.4. The van der Waals surface area contributed by atoms with Crippen molar-refractivity contribution in [2.24, 2.45) is 5.92 Å². The standard InChI is InChI=1S/C57H55F2NO2/c1-7-14-36(2)29-48-50-33-55-49(34-57(50,6)61-35-39(5)56(48)60(44-18-13-16-38(4)28-44)53-22-11-10-21-52(53)59)47-31-41-25-23-40(30-43(41)32-54(47)62-55)24-26-45(42-17-12-15-37(3)27-42)46-19-8-9-20-51(46)58/h7-23,25,27-31,33,39,45,54,56H,1,24,26,32,34-35H2,2-6H3/b36-14+,48-29-/t39-,45?,54?,56?,57?/m0/s1. The third-order valence-electron chi connectivity index (χ3n) is 13.3. The Morgan fingerprint density at radius 3 is 2.40 bits per heavy atom. The summed E-state index contributed by atoms with van der Waals surface area (Å²) in [5.41, 5.74) is 14.2. The third-order valence-corrected chi connectivity index (χ3v) is 13.3. The van der Waals surface area contributed by atoms with Crippen LogP contribution in [0.25, 0.3) is 6.08 Å². The van der Waals surface area contributed by atoms with E-state index < -0.39 is 5.60 Å². The number of rotatable bonds is 10. The molecular weight excluding hydrogens is 769 g/mol. The molecule has 1 fully saturated rings. The Morgan fingerprint density at radius 2 is 1.65 bits per heavy atom. The summed E-state index contributed by atoms with van der Waals surface area (Å²) in [5, 5.41) is 0. The minimum atomic E-state index is -0.662. The highest BCUT2D eigenvalue weighted by Gasteiger charge is 2.48. The summed E-state index contributed by atoms with van der Waals surface area (Å²) in [6.45, 7) is 15.2. The molecule has 5 aromatic rings. The van der Waals surface area contributed by atoms with Crippen LogP contribution in [0.4, 0.5) is 20.2 Å². The number of hydrogen-bond acceptors (Lipinski definition) is 3. The molecule has 0 saturated carbocycles. The van der Waals surface area contributed by atoms with Crippen LogP contribution in [-0.2, 0) is 22.3 Å². The summed E-state index contributed by atoms with van der Waals surface area (Å²) in [4.78, 5) is 2.17. The smallest absolute Gasteiger partial charge is 0.146 e. The van der Waals surface area contributed by atoms with Crippen molar-refractivity contribution in [2.45, 2.75) is 84.0 Å². The van der Waals surface area contributed by atoms with Gasteiger partial charge in [0.05, 0.1) is 23.9 Å². The summed E-state index contributed by atoms with van der Waals surface area (Å²) in [6.07, 6.45) is 13.5. The first kappa shape index (κ1) is 41.3. The van der Waals surface area contributed by atoms with Crippen molar-refractivity contribution >= 4 is 17.5 Å². The first-order chi connectivity index (χ1) is 30.0. The first-order valence-electron chi connectivity index (χ1n) is 22.0. The second kappa shape index (κ2) is 17.0. The summed E-state index contributed by atoms with van der Waals surface area (Å²) >= 11 is 0. The van der Waals surface area contributed by atoms with Gasteiger partial charge in [0.1, 0.15) is 23.5 Å². The minimum absolute atomic E-state index is 0.0153. The zero-order valence-corrected chi connectivity index (χ0v) is 36.4. The maximum Gasteiger partial charge on any atom is 0.146 e. The lowest BCUT2D eigenvalue weighted by Crippen LogP contribution is -2.40. The number of nitrogens with zero attached hydrogens (tertiary/aromatic N) is 1. The number of benzene rings is 5. The van der Waals surface area contributed by atoms with Crippen molar-refractivity contribution in [1.29, 1.82) is 0 Å². The molecule has 0 amide bonds. The number of halogens is 2. The molecule has 4 aliphatic rings. The van der Waals surface area contributed by atoms with E-state index in [0.717, 1.165) is 64.1 Å². The monoisotopic (exact) mass is 823 g/mol. The van der Waals surface area contributed by atoms with Gasteiger partial charge in [0.15, 0.2) is 0 Å². The summed E-state index contributed by atoms with van der Waals surface area (Å²) in [5.74, 6) is 0.382. The first-order valence-corrected chi connectivity index (χ1v) is 22.0. The van der Waals surface area contributed by atoms with Crippen LogP contribution in [0.3, 0.4) is 0 Å². The van der Waals surface area contributed by atoms with Gasteiger partial charge >= 0.3 is 0 Å². The predicted molar refractivity (Wildman–Crippen MR) is 250 cm³/mol. The molecule has 4 unspecified atom stereocenters. The number of para-hydroxylation sites is 1. The Bertz CT molecular complexity index is 2720. The number of anilines is 2. The molecule has 2 aliphatic heterocycles. The van der Waals surface area contributed by atoms with E-state index >= 15 is 8.78 Å². The van der Waals surface area contributed by atoms with Crippen molar-refractivity contribution in [3.05, 3.63) is 230 Å². The molecule has 5 heteroatoms.